The van der Waals surface area contributed by atoms with Crippen molar-refractivity contribution >= 4 is 12.0 Å². The SMILES string of the molecule is C#CCN(CC1CC1)C(=O)NC(CC(=O)O)CC(C)(C)C. The van der Waals surface area contributed by atoms with E-state index in [4.69, 9.17) is 11.5 Å². The average Bonchev–Trinajstić information content (AvgIpc) is 3.08. The van der Waals surface area contributed by atoms with E-state index < -0.39 is 5.97 Å². The van der Waals surface area contributed by atoms with Gasteiger partial charge in [-0.25, -0.2) is 4.79 Å². The minimum atomic E-state index is -0.907. The molecule has 2 N–H and O–H groups in total. The van der Waals surface area contributed by atoms with Gasteiger partial charge in [0.2, 0.25) is 0 Å². The van der Waals surface area contributed by atoms with Crippen molar-refractivity contribution in [3.8, 4) is 12.3 Å². The van der Waals surface area contributed by atoms with Gasteiger partial charge in [0.15, 0.2) is 0 Å². The molecule has 1 rings (SSSR count). The van der Waals surface area contributed by atoms with Crippen LogP contribution in [0.1, 0.15) is 46.5 Å². The lowest BCUT2D eigenvalue weighted by atomic mass is 9.87. The third-order valence-electron chi connectivity index (χ3n) is 3.35. The fourth-order valence-electron chi connectivity index (χ4n) is 2.33. The number of carbonyl (C=O) groups is 2. The number of aliphatic carboxylic acids is 1. The van der Waals surface area contributed by atoms with Gasteiger partial charge in [-0.1, -0.05) is 26.7 Å². The highest BCUT2D eigenvalue weighted by Crippen LogP contribution is 2.29. The van der Waals surface area contributed by atoms with E-state index in [1.54, 1.807) is 4.90 Å². The standard InChI is InChI=1S/C16H26N2O3/c1-5-8-18(11-12-6-7-12)15(21)17-13(9-14(19)20)10-16(2,3)4/h1,12-13H,6-11H2,2-4H3,(H,17,21)(H,19,20). The van der Waals surface area contributed by atoms with Crippen LogP contribution in [0.3, 0.4) is 0 Å². The monoisotopic (exact) mass is 294 g/mol. The lowest BCUT2D eigenvalue weighted by Gasteiger charge is -2.28. The molecule has 0 aromatic rings. The van der Waals surface area contributed by atoms with Gasteiger partial charge in [-0.3, -0.25) is 4.79 Å². The Morgan fingerprint density at radius 3 is 2.48 bits per heavy atom. The van der Waals surface area contributed by atoms with E-state index in [0.29, 0.717) is 18.9 Å². The van der Waals surface area contributed by atoms with E-state index >= 15 is 0 Å². The zero-order valence-electron chi connectivity index (χ0n) is 13.2. The summed E-state index contributed by atoms with van der Waals surface area (Å²) >= 11 is 0. The lowest BCUT2D eigenvalue weighted by molar-refractivity contribution is -0.137. The minimum Gasteiger partial charge on any atom is -0.481 e. The van der Waals surface area contributed by atoms with Gasteiger partial charge in [-0.05, 0) is 30.6 Å². The maximum atomic E-state index is 12.3. The molecule has 1 fully saturated rings. The van der Waals surface area contributed by atoms with E-state index in [0.717, 1.165) is 12.8 Å². The van der Waals surface area contributed by atoms with Gasteiger partial charge in [0.05, 0.1) is 13.0 Å². The van der Waals surface area contributed by atoms with Crippen LogP contribution in [-0.4, -0.2) is 41.1 Å². The number of hydrogen-bond acceptors (Lipinski definition) is 2. The molecular formula is C16H26N2O3. The van der Waals surface area contributed by atoms with Crippen LogP contribution in [0.25, 0.3) is 0 Å². The smallest absolute Gasteiger partial charge is 0.318 e. The molecule has 0 heterocycles. The van der Waals surface area contributed by atoms with Crippen LogP contribution in [0, 0.1) is 23.7 Å². The van der Waals surface area contributed by atoms with Crippen molar-refractivity contribution in [1.29, 1.82) is 0 Å². The molecule has 0 aromatic heterocycles. The summed E-state index contributed by atoms with van der Waals surface area (Å²) in [6.45, 7) is 7.00. The van der Waals surface area contributed by atoms with Crippen molar-refractivity contribution < 1.29 is 14.7 Å². The van der Waals surface area contributed by atoms with Gasteiger partial charge in [-0.2, -0.15) is 0 Å². The third kappa shape index (κ3) is 7.60. The van der Waals surface area contributed by atoms with Gasteiger partial charge in [0, 0.05) is 12.6 Å². The predicted molar refractivity (Wildman–Crippen MR) is 81.8 cm³/mol. The molecule has 2 amide bonds. The molecule has 1 saturated carbocycles. The highest BCUT2D eigenvalue weighted by atomic mass is 16.4. The van der Waals surface area contributed by atoms with Gasteiger partial charge in [0.25, 0.3) is 0 Å². The van der Waals surface area contributed by atoms with Crippen LogP contribution in [0.5, 0.6) is 0 Å². The van der Waals surface area contributed by atoms with E-state index in [-0.39, 0.29) is 30.5 Å². The highest BCUT2D eigenvalue weighted by molar-refractivity contribution is 5.76. The van der Waals surface area contributed by atoms with Crippen LogP contribution in [0.15, 0.2) is 0 Å². The van der Waals surface area contributed by atoms with Gasteiger partial charge < -0.3 is 15.3 Å². The van der Waals surface area contributed by atoms with Gasteiger partial charge >= 0.3 is 12.0 Å². The zero-order chi connectivity index (χ0) is 16.0. The molecule has 0 spiro atoms. The number of amides is 2. The topological polar surface area (TPSA) is 69.6 Å². The summed E-state index contributed by atoms with van der Waals surface area (Å²) in [4.78, 5) is 24.9. The second kappa shape index (κ2) is 7.35. The summed E-state index contributed by atoms with van der Waals surface area (Å²) in [5.41, 5.74) is -0.0547. The number of nitrogens with zero attached hydrogens (tertiary/aromatic N) is 1. The van der Waals surface area contributed by atoms with Crippen molar-refractivity contribution in [2.45, 2.75) is 52.5 Å². The van der Waals surface area contributed by atoms with Crippen LogP contribution >= 0.6 is 0 Å². The number of terminal acetylenes is 1. The van der Waals surface area contributed by atoms with Crippen molar-refractivity contribution in [1.82, 2.24) is 10.2 Å². The quantitative estimate of drug-likeness (QED) is 0.708. The number of urea groups is 1. The number of nitrogens with one attached hydrogen (secondary N) is 1. The molecular weight excluding hydrogens is 268 g/mol. The molecule has 21 heavy (non-hydrogen) atoms. The summed E-state index contributed by atoms with van der Waals surface area (Å²) in [7, 11) is 0. The second-order valence-electron chi connectivity index (χ2n) is 7.04. The van der Waals surface area contributed by atoms with E-state index in [1.807, 2.05) is 20.8 Å². The fourth-order valence-corrected chi connectivity index (χ4v) is 2.33. The molecule has 0 aromatic carbocycles. The number of hydrogen-bond donors (Lipinski definition) is 2. The van der Waals surface area contributed by atoms with E-state index in [1.165, 1.54) is 0 Å². The van der Waals surface area contributed by atoms with Crippen molar-refractivity contribution in [3.05, 3.63) is 0 Å². The summed E-state index contributed by atoms with van der Waals surface area (Å²) in [6, 6.07) is -0.634. The molecule has 1 aliphatic carbocycles. The summed E-state index contributed by atoms with van der Waals surface area (Å²) in [6.07, 6.45) is 8.11. The Balaban J connectivity index is 2.62. The van der Waals surface area contributed by atoms with Crippen LogP contribution in [0.2, 0.25) is 0 Å². The summed E-state index contributed by atoms with van der Waals surface area (Å²) < 4.78 is 0. The number of carbonyl (C=O) groups excluding carboxylic acids is 1. The second-order valence-corrected chi connectivity index (χ2v) is 7.04. The first kappa shape index (κ1) is 17.4. The highest BCUT2D eigenvalue weighted by Gasteiger charge is 2.28. The summed E-state index contributed by atoms with van der Waals surface area (Å²) in [5, 5.41) is 11.8. The lowest BCUT2D eigenvalue weighted by Crippen LogP contribution is -2.47. The Labute approximate surface area is 127 Å². The first-order valence-electron chi connectivity index (χ1n) is 7.42. The van der Waals surface area contributed by atoms with Crippen molar-refractivity contribution in [2.75, 3.05) is 13.1 Å². The molecule has 118 valence electrons. The molecule has 0 saturated heterocycles. The average molecular weight is 294 g/mol. The molecule has 0 aliphatic heterocycles. The molecule has 1 aliphatic rings. The first-order chi connectivity index (χ1) is 9.71. The predicted octanol–water partition coefficient (Wildman–Crippen LogP) is 2.32. The van der Waals surface area contributed by atoms with Crippen LogP contribution in [0.4, 0.5) is 4.79 Å². The maximum absolute atomic E-state index is 12.3. The normalized spacial score (nSPS) is 15.9. The number of rotatable bonds is 7. The molecule has 5 nitrogen and oxygen atoms in total. The summed E-state index contributed by atoms with van der Waals surface area (Å²) in [5.74, 6) is 2.13. The Hall–Kier alpha value is -1.70. The Bertz CT molecular complexity index is 416. The fraction of sp³-hybridized carbons (Fsp3) is 0.750. The maximum Gasteiger partial charge on any atom is 0.318 e. The first-order valence-corrected chi connectivity index (χ1v) is 7.42. The zero-order valence-corrected chi connectivity index (χ0v) is 13.2. The largest absolute Gasteiger partial charge is 0.481 e. The van der Waals surface area contributed by atoms with Crippen molar-refractivity contribution in [2.24, 2.45) is 11.3 Å². The molecule has 0 radical (unpaired) electrons. The molecule has 5 heteroatoms. The Kier molecular flexibility index (Phi) is 6.07. The molecule has 1 unspecified atom stereocenters. The molecule has 1 atom stereocenters. The Morgan fingerprint density at radius 1 is 1.43 bits per heavy atom. The molecule has 0 bridgehead atoms. The number of carboxylic acid groups (broad SMARTS) is 1. The van der Waals surface area contributed by atoms with Crippen LogP contribution in [-0.2, 0) is 4.79 Å². The van der Waals surface area contributed by atoms with E-state index in [9.17, 15) is 9.59 Å². The third-order valence-corrected chi connectivity index (χ3v) is 3.35. The number of carboxylic acids is 1. The van der Waals surface area contributed by atoms with Gasteiger partial charge in [0.1, 0.15) is 0 Å². The Morgan fingerprint density at radius 2 is 2.05 bits per heavy atom. The minimum absolute atomic E-state index is 0.0547. The van der Waals surface area contributed by atoms with Crippen LogP contribution < -0.4 is 5.32 Å². The van der Waals surface area contributed by atoms with E-state index in [2.05, 4.69) is 11.2 Å². The van der Waals surface area contributed by atoms with Gasteiger partial charge in [-0.15, -0.1) is 6.42 Å². The van der Waals surface area contributed by atoms with Crippen molar-refractivity contribution in [3.63, 3.8) is 0 Å².